The van der Waals surface area contributed by atoms with Crippen molar-refractivity contribution in [1.29, 1.82) is 0 Å². The van der Waals surface area contributed by atoms with Gasteiger partial charge in [0.25, 0.3) is 15.2 Å². The third kappa shape index (κ3) is 3.48. The molecule has 1 aromatic carbocycles. The lowest BCUT2D eigenvalue weighted by molar-refractivity contribution is 0.486. The second-order valence-corrected chi connectivity index (χ2v) is 6.86. The van der Waals surface area contributed by atoms with Crippen molar-refractivity contribution in [3.8, 4) is 11.4 Å². The number of nitrogens with zero attached hydrogens (tertiary/aromatic N) is 3. The molecule has 2 aromatic rings. The van der Waals surface area contributed by atoms with Gasteiger partial charge in [0.15, 0.2) is 5.82 Å². The summed E-state index contributed by atoms with van der Waals surface area (Å²) < 4.78 is 24.8. The maximum atomic E-state index is 11.6. The van der Waals surface area contributed by atoms with Gasteiger partial charge in [-0.15, -0.1) is 10.2 Å². The molecule has 0 fully saturated rings. The van der Waals surface area contributed by atoms with E-state index in [2.05, 4.69) is 17.1 Å². The van der Waals surface area contributed by atoms with Crippen LogP contribution >= 0.6 is 0 Å². The van der Waals surface area contributed by atoms with Crippen molar-refractivity contribution < 1.29 is 8.42 Å². The lowest BCUT2D eigenvalue weighted by atomic mass is 10.1. The molecule has 0 aliphatic heterocycles. The van der Waals surface area contributed by atoms with Gasteiger partial charge >= 0.3 is 0 Å². The van der Waals surface area contributed by atoms with Gasteiger partial charge in [0, 0.05) is 12.1 Å². The number of benzene rings is 1. The predicted octanol–water partition coefficient (Wildman–Crippen LogP) is 1.81. The number of sulfonamides is 1. The largest absolute Gasteiger partial charge is 0.296 e. The zero-order valence-electron chi connectivity index (χ0n) is 12.4. The van der Waals surface area contributed by atoms with Crippen LogP contribution in [0.3, 0.4) is 0 Å². The number of hydrogen-bond donors (Lipinski definition) is 1. The standard InChI is InChI=1S/C14H20N4O2S/c1-4-11-5-7-12(8-6-11)13-16-17-14(21(15,19)20)18(13)9-10(2)3/h5-8,10H,4,9H2,1-3H3,(H2,15,19,20). The van der Waals surface area contributed by atoms with Gasteiger partial charge in [-0.1, -0.05) is 45.0 Å². The fourth-order valence-electron chi connectivity index (χ4n) is 2.13. The SMILES string of the molecule is CCc1ccc(-c2nnc(S(N)(=O)=O)n2CC(C)C)cc1. The van der Waals surface area contributed by atoms with E-state index in [1.54, 1.807) is 4.57 Å². The number of rotatable bonds is 5. The highest BCUT2D eigenvalue weighted by atomic mass is 32.2. The minimum Gasteiger partial charge on any atom is -0.296 e. The van der Waals surface area contributed by atoms with Crippen molar-refractivity contribution in [1.82, 2.24) is 14.8 Å². The second-order valence-electron chi connectivity index (χ2n) is 5.41. The topological polar surface area (TPSA) is 90.9 Å². The quantitative estimate of drug-likeness (QED) is 0.912. The molecule has 0 saturated heterocycles. The Bertz CT molecular complexity index is 718. The van der Waals surface area contributed by atoms with Gasteiger partial charge in [-0.25, -0.2) is 13.6 Å². The summed E-state index contributed by atoms with van der Waals surface area (Å²) in [5, 5.41) is 12.8. The van der Waals surface area contributed by atoms with E-state index in [0.717, 1.165) is 12.0 Å². The summed E-state index contributed by atoms with van der Waals surface area (Å²) in [6.45, 7) is 6.56. The highest BCUT2D eigenvalue weighted by Crippen LogP contribution is 2.22. The minimum atomic E-state index is -3.89. The first-order chi connectivity index (χ1) is 9.82. The summed E-state index contributed by atoms with van der Waals surface area (Å²) in [4.78, 5) is 0. The number of aromatic nitrogens is 3. The first-order valence-electron chi connectivity index (χ1n) is 6.88. The fourth-order valence-corrected chi connectivity index (χ4v) is 2.75. The molecule has 1 aromatic heterocycles. The summed E-state index contributed by atoms with van der Waals surface area (Å²) in [5.41, 5.74) is 2.04. The maximum absolute atomic E-state index is 11.6. The summed E-state index contributed by atoms with van der Waals surface area (Å²) in [7, 11) is -3.89. The highest BCUT2D eigenvalue weighted by molar-refractivity contribution is 7.89. The summed E-state index contributed by atoms with van der Waals surface area (Å²) in [5.74, 6) is 0.769. The van der Waals surface area contributed by atoms with E-state index < -0.39 is 10.0 Å². The van der Waals surface area contributed by atoms with Crippen molar-refractivity contribution in [2.75, 3.05) is 0 Å². The molecule has 0 spiro atoms. The van der Waals surface area contributed by atoms with E-state index in [4.69, 9.17) is 5.14 Å². The van der Waals surface area contributed by atoms with Crippen LogP contribution < -0.4 is 5.14 Å². The number of nitrogens with two attached hydrogens (primary N) is 1. The third-order valence-electron chi connectivity index (χ3n) is 3.14. The van der Waals surface area contributed by atoms with Crippen molar-refractivity contribution in [2.45, 2.75) is 38.9 Å². The summed E-state index contributed by atoms with van der Waals surface area (Å²) in [6.07, 6.45) is 0.946. The van der Waals surface area contributed by atoms with Gasteiger partial charge < -0.3 is 0 Å². The number of aryl methyl sites for hydroxylation is 1. The molecule has 2 rings (SSSR count). The molecule has 0 saturated carbocycles. The van der Waals surface area contributed by atoms with E-state index in [0.29, 0.717) is 12.4 Å². The molecule has 1 heterocycles. The van der Waals surface area contributed by atoms with Gasteiger partial charge in [-0.2, -0.15) is 0 Å². The van der Waals surface area contributed by atoms with Gasteiger partial charge in [0.1, 0.15) is 0 Å². The van der Waals surface area contributed by atoms with Crippen molar-refractivity contribution in [2.24, 2.45) is 11.1 Å². The van der Waals surface area contributed by atoms with E-state index in [-0.39, 0.29) is 11.1 Å². The Labute approximate surface area is 125 Å². The maximum Gasteiger partial charge on any atom is 0.273 e. The molecule has 0 radical (unpaired) electrons. The van der Waals surface area contributed by atoms with Crippen molar-refractivity contribution >= 4 is 10.0 Å². The molecule has 114 valence electrons. The average Bonchev–Trinajstić information content (AvgIpc) is 2.81. The van der Waals surface area contributed by atoms with Gasteiger partial charge in [-0.05, 0) is 17.9 Å². The monoisotopic (exact) mass is 308 g/mol. The number of primary sulfonamides is 1. The Morgan fingerprint density at radius 1 is 1.19 bits per heavy atom. The zero-order valence-corrected chi connectivity index (χ0v) is 13.3. The molecule has 0 bridgehead atoms. The summed E-state index contributed by atoms with van der Waals surface area (Å²) >= 11 is 0. The molecule has 21 heavy (non-hydrogen) atoms. The Morgan fingerprint density at radius 2 is 1.81 bits per heavy atom. The Morgan fingerprint density at radius 3 is 2.29 bits per heavy atom. The highest BCUT2D eigenvalue weighted by Gasteiger charge is 2.22. The molecule has 0 amide bonds. The Hall–Kier alpha value is -1.73. The molecule has 2 N–H and O–H groups in total. The van der Waals surface area contributed by atoms with Crippen LogP contribution in [0.5, 0.6) is 0 Å². The predicted molar refractivity (Wildman–Crippen MR) is 81.0 cm³/mol. The molecule has 6 nitrogen and oxygen atoms in total. The lowest BCUT2D eigenvalue weighted by Crippen LogP contribution is -2.20. The molecule has 0 unspecified atom stereocenters. The van der Waals surface area contributed by atoms with Crippen molar-refractivity contribution in [3.63, 3.8) is 0 Å². The molecular weight excluding hydrogens is 288 g/mol. The van der Waals surface area contributed by atoms with Crippen LogP contribution in [0.25, 0.3) is 11.4 Å². The first-order valence-corrected chi connectivity index (χ1v) is 8.43. The van der Waals surface area contributed by atoms with E-state index >= 15 is 0 Å². The molecule has 0 atom stereocenters. The smallest absolute Gasteiger partial charge is 0.273 e. The molecule has 0 aliphatic carbocycles. The minimum absolute atomic E-state index is 0.189. The number of hydrogen-bond acceptors (Lipinski definition) is 4. The molecule has 7 heteroatoms. The van der Waals surface area contributed by atoms with Crippen LogP contribution in [0, 0.1) is 5.92 Å². The van der Waals surface area contributed by atoms with Crippen LogP contribution in [0.2, 0.25) is 0 Å². The molecule has 0 aliphatic rings. The van der Waals surface area contributed by atoms with Crippen LogP contribution in [-0.4, -0.2) is 23.2 Å². The second kappa shape index (κ2) is 5.95. The van der Waals surface area contributed by atoms with E-state index in [1.807, 2.05) is 38.1 Å². The van der Waals surface area contributed by atoms with Crippen LogP contribution in [0.4, 0.5) is 0 Å². The third-order valence-corrected chi connectivity index (χ3v) is 3.95. The van der Waals surface area contributed by atoms with Crippen molar-refractivity contribution in [3.05, 3.63) is 29.8 Å². The lowest BCUT2D eigenvalue weighted by Gasteiger charge is -2.12. The molecular formula is C14H20N4O2S. The van der Waals surface area contributed by atoms with Gasteiger partial charge in [0.05, 0.1) is 0 Å². The Kier molecular flexibility index (Phi) is 4.43. The van der Waals surface area contributed by atoms with Gasteiger partial charge in [-0.3, -0.25) is 4.57 Å². The zero-order chi connectivity index (χ0) is 15.6. The van der Waals surface area contributed by atoms with E-state index in [1.165, 1.54) is 5.56 Å². The Balaban J connectivity index is 2.54. The summed E-state index contributed by atoms with van der Waals surface area (Å²) in [6, 6.07) is 7.85. The van der Waals surface area contributed by atoms with Gasteiger partial charge in [0.2, 0.25) is 0 Å². The first kappa shape index (κ1) is 15.7. The van der Waals surface area contributed by atoms with E-state index in [9.17, 15) is 8.42 Å². The van der Waals surface area contributed by atoms with Crippen LogP contribution in [0.1, 0.15) is 26.3 Å². The van der Waals surface area contributed by atoms with Crippen LogP contribution in [0.15, 0.2) is 29.4 Å². The normalized spacial score (nSPS) is 12.0. The average molecular weight is 308 g/mol. The fraction of sp³-hybridized carbons (Fsp3) is 0.429. The van der Waals surface area contributed by atoms with Crippen LogP contribution in [-0.2, 0) is 23.0 Å².